The number of rotatable bonds is 6. The zero-order valence-electron chi connectivity index (χ0n) is 14.3. The molecule has 0 radical (unpaired) electrons. The molecule has 6 heteroatoms. The molecule has 2 aromatic rings. The van der Waals surface area contributed by atoms with Gasteiger partial charge in [-0.3, -0.25) is 4.79 Å². The largest absolute Gasteiger partial charge is 0.489 e. The molecule has 0 spiro atoms. The van der Waals surface area contributed by atoms with E-state index in [-0.39, 0.29) is 5.91 Å². The van der Waals surface area contributed by atoms with E-state index in [9.17, 15) is 9.90 Å². The molecule has 1 unspecified atom stereocenters. The maximum atomic E-state index is 11.7. The van der Waals surface area contributed by atoms with Gasteiger partial charge < -0.3 is 15.2 Å². The topological polar surface area (TPSA) is 58.6 Å². The molecule has 1 amide bonds. The number of ether oxygens (including phenoxy) is 1. The van der Waals surface area contributed by atoms with E-state index in [4.69, 9.17) is 17.0 Å². The van der Waals surface area contributed by atoms with Crippen LogP contribution in [0.3, 0.4) is 0 Å². The van der Waals surface area contributed by atoms with Crippen molar-refractivity contribution < 1.29 is 14.6 Å². The average Bonchev–Trinajstić information content (AvgIpc) is 2.98. The monoisotopic (exact) mass is 385 g/mol. The fourth-order valence-corrected chi connectivity index (χ4v) is 3.52. The van der Waals surface area contributed by atoms with Crippen LogP contribution in [0.5, 0.6) is 5.75 Å². The van der Waals surface area contributed by atoms with Gasteiger partial charge in [0.05, 0.1) is 11.0 Å². The number of hydrogen-bond acceptors (Lipinski definition) is 5. The first-order chi connectivity index (χ1) is 12.5. The van der Waals surface area contributed by atoms with Crippen molar-refractivity contribution in [2.45, 2.75) is 26.1 Å². The summed E-state index contributed by atoms with van der Waals surface area (Å²) in [5.74, 6) is 0.598. The lowest BCUT2D eigenvalue weighted by Gasteiger charge is -2.10. The minimum absolute atomic E-state index is 0.156. The van der Waals surface area contributed by atoms with Crippen LogP contribution >= 0.6 is 24.0 Å². The van der Waals surface area contributed by atoms with Crippen molar-refractivity contribution in [3.05, 3.63) is 70.1 Å². The molecule has 4 nitrogen and oxygen atoms in total. The van der Waals surface area contributed by atoms with Crippen LogP contribution in [-0.2, 0) is 11.4 Å². The third-order valence-corrected chi connectivity index (χ3v) is 5.14. The number of amides is 1. The summed E-state index contributed by atoms with van der Waals surface area (Å²) in [5.41, 5.74) is 2.87. The van der Waals surface area contributed by atoms with Gasteiger partial charge in [0.25, 0.3) is 5.91 Å². The van der Waals surface area contributed by atoms with Crippen LogP contribution in [0.2, 0.25) is 0 Å². The van der Waals surface area contributed by atoms with E-state index in [1.807, 2.05) is 55.5 Å². The molecule has 1 aliphatic heterocycles. The van der Waals surface area contributed by atoms with Gasteiger partial charge in [0, 0.05) is 0 Å². The van der Waals surface area contributed by atoms with Crippen molar-refractivity contribution in [3.8, 4) is 5.75 Å². The highest BCUT2D eigenvalue weighted by Crippen LogP contribution is 2.26. The summed E-state index contributed by atoms with van der Waals surface area (Å²) >= 11 is 6.24. The molecule has 1 saturated heterocycles. The number of benzene rings is 2. The minimum atomic E-state index is -0.416. The van der Waals surface area contributed by atoms with Gasteiger partial charge in [0.2, 0.25) is 0 Å². The first kappa shape index (κ1) is 18.6. The molecule has 0 aromatic heterocycles. The molecule has 0 saturated carbocycles. The molecule has 0 bridgehead atoms. The second-order valence-electron chi connectivity index (χ2n) is 5.88. The Morgan fingerprint density at radius 2 is 1.88 bits per heavy atom. The van der Waals surface area contributed by atoms with Crippen LogP contribution < -0.4 is 10.1 Å². The van der Waals surface area contributed by atoms with E-state index < -0.39 is 6.10 Å². The van der Waals surface area contributed by atoms with Crippen LogP contribution in [0.25, 0.3) is 6.08 Å². The molecule has 3 rings (SSSR count). The number of thioether (sulfide) groups is 1. The second kappa shape index (κ2) is 8.49. The lowest BCUT2D eigenvalue weighted by Crippen LogP contribution is -2.17. The number of nitrogens with one attached hydrogen (secondary N) is 1. The van der Waals surface area contributed by atoms with Gasteiger partial charge >= 0.3 is 0 Å². The zero-order valence-corrected chi connectivity index (χ0v) is 15.9. The van der Waals surface area contributed by atoms with Crippen LogP contribution in [0.1, 0.15) is 36.1 Å². The van der Waals surface area contributed by atoms with Gasteiger partial charge in [-0.2, -0.15) is 0 Å². The van der Waals surface area contributed by atoms with Crippen molar-refractivity contribution in [2.75, 3.05) is 0 Å². The van der Waals surface area contributed by atoms with Crippen molar-refractivity contribution in [2.24, 2.45) is 0 Å². The molecule has 0 aliphatic carbocycles. The lowest BCUT2D eigenvalue weighted by atomic mass is 10.1. The van der Waals surface area contributed by atoms with E-state index in [0.717, 1.165) is 22.4 Å². The van der Waals surface area contributed by atoms with Gasteiger partial charge in [-0.05, 0) is 41.3 Å². The molecule has 1 heterocycles. The molecule has 1 fully saturated rings. The summed E-state index contributed by atoms with van der Waals surface area (Å²) in [5, 5.41) is 12.4. The maximum absolute atomic E-state index is 11.7. The Hall–Kier alpha value is -2.15. The summed E-state index contributed by atoms with van der Waals surface area (Å²) in [4.78, 5) is 12.3. The summed E-state index contributed by atoms with van der Waals surface area (Å²) < 4.78 is 6.28. The summed E-state index contributed by atoms with van der Waals surface area (Å²) in [6, 6.07) is 15.3. The van der Waals surface area contributed by atoms with Crippen LogP contribution in [0.4, 0.5) is 0 Å². The van der Waals surface area contributed by atoms with E-state index in [0.29, 0.717) is 22.3 Å². The highest BCUT2D eigenvalue weighted by molar-refractivity contribution is 8.26. The number of aliphatic hydroxyl groups is 1. The third kappa shape index (κ3) is 4.72. The Bertz CT molecular complexity index is 829. The molecule has 134 valence electrons. The van der Waals surface area contributed by atoms with Crippen molar-refractivity contribution in [1.82, 2.24) is 5.32 Å². The van der Waals surface area contributed by atoms with Gasteiger partial charge in [-0.15, -0.1) is 0 Å². The second-order valence-corrected chi connectivity index (χ2v) is 7.59. The Morgan fingerprint density at radius 3 is 2.46 bits per heavy atom. The molecular weight excluding hydrogens is 366 g/mol. The molecule has 1 aliphatic rings. The Morgan fingerprint density at radius 1 is 1.19 bits per heavy atom. The van der Waals surface area contributed by atoms with E-state index in [1.165, 1.54) is 11.8 Å². The predicted octanol–water partition coefficient (Wildman–Crippen LogP) is 4.20. The predicted molar refractivity (Wildman–Crippen MR) is 109 cm³/mol. The Kier molecular flexibility index (Phi) is 6.08. The number of hydrogen-bond donors (Lipinski definition) is 2. The van der Waals surface area contributed by atoms with E-state index >= 15 is 0 Å². The van der Waals surface area contributed by atoms with Gasteiger partial charge in [-0.1, -0.05) is 67.3 Å². The minimum Gasteiger partial charge on any atom is -0.489 e. The van der Waals surface area contributed by atoms with Gasteiger partial charge in [-0.25, -0.2) is 0 Å². The summed E-state index contributed by atoms with van der Waals surface area (Å²) in [6.45, 7) is 2.41. The number of aliphatic hydroxyl groups excluding tert-OH is 1. The number of carbonyl (C=O) groups is 1. The first-order valence-electron chi connectivity index (χ1n) is 8.30. The van der Waals surface area contributed by atoms with Crippen LogP contribution in [-0.4, -0.2) is 15.3 Å². The van der Waals surface area contributed by atoms with Crippen molar-refractivity contribution in [1.29, 1.82) is 0 Å². The van der Waals surface area contributed by atoms with Crippen LogP contribution in [0, 0.1) is 0 Å². The standard InChI is InChI=1S/C20H19NO3S2/c1-2-17(22)15-7-3-14(4-8-15)12-24-16-9-5-13(6-10-16)11-18-19(23)21-20(25)26-18/h3-11,17,22H,2,12H2,1H3,(H,21,23,25)/b18-11-. The van der Waals surface area contributed by atoms with Crippen LogP contribution in [0.15, 0.2) is 53.4 Å². The van der Waals surface area contributed by atoms with Gasteiger partial charge in [0.15, 0.2) is 0 Å². The quantitative estimate of drug-likeness (QED) is 0.577. The van der Waals surface area contributed by atoms with E-state index in [2.05, 4.69) is 5.32 Å². The smallest absolute Gasteiger partial charge is 0.263 e. The molecule has 2 aromatic carbocycles. The Balaban J connectivity index is 1.59. The lowest BCUT2D eigenvalue weighted by molar-refractivity contribution is -0.115. The SMILES string of the molecule is CCC(O)c1ccc(COc2ccc(/C=C3\SC(=S)NC3=O)cc2)cc1. The van der Waals surface area contributed by atoms with Crippen molar-refractivity contribution >= 4 is 40.3 Å². The normalized spacial score (nSPS) is 16.6. The third-order valence-electron chi connectivity index (χ3n) is 3.98. The number of thiocarbonyl (C=S) groups is 1. The number of carbonyl (C=O) groups excluding carboxylic acids is 1. The zero-order chi connectivity index (χ0) is 18.5. The van der Waals surface area contributed by atoms with Gasteiger partial charge in [0.1, 0.15) is 16.7 Å². The fraction of sp³-hybridized carbons (Fsp3) is 0.200. The first-order valence-corrected chi connectivity index (χ1v) is 9.52. The maximum Gasteiger partial charge on any atom is 0.263 e. The Labute approximate surface area is 162 Å². The average molecular weight is 386 g/mol. The fourth-order valence-electron chi connectivity index (χ4n) is 2.47. The molecule has 2 N–H and O–H groups in total. The highest BCUT2D eigenvalue weighted by Gasteiger charge is 2.21. The summed E-state index contributed by atoms with van der Waals surface area (Å²) in [7, 11) is 0. The summed E-state index contributed by atoms with van der Waals surface area (Å²) in [6.07, 6.45) is 2.09. The molecule has 26 heavy (non-hydrogen) atoms. The molecule has 1 atom stereocenters. The van der Waals surface area contributed by atoms with E-state index in [1.54, 1.807) is 6.08 Å². The molecular formula is C20H19NO3S2. The van der Waals surface area contributed by atoms with Crippen molar-refractivity contribution in [3.63, 3.8) is 0 Å². The highest BCUT2D eigenvalue weighted by atomic mass is 32.2.